The fourth-order valence-corrected chi connectivity index (χ4v) is 2.38. The first-order valence-corrected chi connectivity index (χ1v) is 7.81. The Morgan fingerprint density at radius 2 is 2.29 bits per heavy atom. The van der Waals surface area contributed by atoms with E-state index in [1.54, 1.807) is 13.8 Å². The molecule has 1 aliphatic rings. The number of nitrogens with two attached hydrogens (primary N) is 1. The van der Waals surface area contributed by atoms with Crippen molar-refractivity contribution in [3.8, 4) is 0 Å². The van der Waals surface area contributed by atoms with Gasteiger partial charge in [-0.3, -0.25) is 19.1 Å². The summed E-state index contributed by atoms with van der Waals surface area (Å²) < 4.78 is 25.7. The van der Waals surface area contributed by atoms with Crippen molar-refractivity contribution in [1.82, 2.24) is 9.55 Å². The highest BCUT2D eigenvalue weighted by Crippen LogP contribution is 2.37. The Bertz CT molecular complexity index is 734. The monoisotopic (exact) mass is 363 g/mol. The third-order valence-electron chi connectivity index (χ3n) is 3.77. The molecule has 8 nitrogen and oxygen atoms in total. The fourth-order valence-electron chi connectivity index (χ4n) is 2.22. The zero-order valence-corrected chi connectivity index (χ0v) is 14.0. The van der Waals surface area contributed by atoms with Crippen molar-refractivity contribution < 1.29 is 18.7 Å². The predicted octanol–water partition coefficient (Wildman–Crippen LogP) is 0.691. The minimum atomic E-state index is -2.24. The van der Waals surface area contributed by atoms with Gasteiger partial charge in [0.25, 0.3) is 5.56 Å². The fraction of sp³-hybridized carbons (Fsp3) is 0.643. The lowest BCUT2D eigenvalue weighted by molar-refractivity contribution is -0.195. The van der Waals surface area contributed by atoms with E-state index < -0.39 is 41.9 Å². The molecule has 1 fully saturated rings. The number of rotatable bonds is 5. The van der Waals surface area contributed by atoms with Gasteiger partial charge in [0.1, 0.15) is 17.3 Å². The summed E-state index contributed by atoms with van der Waals surface area (Å²) >= 11 is 5.67. The maximum Gasteiger partial charge on any atom is 0.330 e. The number of nitrogens with one attached hydrogen (secondary N) is 1. The number of H-pyrrole nitrogens is 1. The van der Waals surface area contributed by atoms with Crippen LogP contribution in [0.15, 0.2) is 15.8 Å². The van der Waals surface area contributed by atoms with Crippen molar-refractivity contribution in [2.45, 2.75) is 44.8 Å². The molecule has 134 valence electrons. The van der Waals surface area contributed by atoms with Crippen LogP contribution in [0.2, 0.25) is 5.02 Å². The molecule has 2 rings (SSSR count). The summed E-state index contributed by atoms with van der Waals surface area (Å²) in [6.45, 7) is 2.85. The van der Waals surface area contributed by atoms with Crippen LogP contribution in [0.4, 0.5) is 4.39 Å². The van der Waals surface area contributed by atoms with Crippen LogP contribution < -0.4 is 17.0 Å². The predicted molar refractivity (Wildman–Crippen MR) is 83.3 cm³/mol. The molecular weight excluding hydrogens is 345 g/mol. The number of halogens is 2. The zero-order chi connectivity index (χ0) is 18.1. The van der Waals surface area contributed by atoms with E-state index in [1.165, 1.54) is 0 Å². The zero-order valence-electron chi connectivity index (χ0n) is 13.3. The second kappa shape index (κ2) is 7.04. The smallest absolute Gasteiger partial charge is 0.330 e. The van der Waals surface area contributed by atoms with E-state index in [1.807, 2.05) is 4.98 Å². The van der Waals surface area contributed by atoms with Crippen molar-refractivity contribution in [2.24, 2.45) is 11.7 Å². The first kappa shape index (κ1) is 18.6. The first-order valence-electron chi connectivity index (χ1n) is 7.43. The summed E-state index contributed by atoms with van der Waals surface area (Å²) in [5, 5.41) is -0.219. The highest BCUT2D eigenvalue weighted by atomic mass is 35.5. The minimum Gasteiger partial charge on any atom is -0.458 e. The van der Waals surface area contributed by atoms with Crippen molar-refractivity contribution in [3.05, 3.63) is 32.1 Å². The highest BCUT2D eigenvalue weighted by molar-refractivity contribution is 6.30. The summed E-state index contributed by atoms with van der Waals surface area (Å²) in [6.07, 6.45) is 0.173. The molecule has 0 saturated carbocycles. The summed E-state index contributed by atoms with van der Waals surface area (Å²) in [4.78, 5) is 36.7. The lowest BCUT2D eigenvalue weighted by Gasteiger charge is -2.22. The molecule has 3 N–H and O–H groups in total. The summed E-state index contributed by atoms with van der Waals surface area (Å²) in [6, 6.07) is -0.855. The lowest BCUT2D eigenvalue weighted by atomic mass is 10.1. The number of carbonyl (C=O) groups excluding carboxylic acids is 1. The Hall–Kier alpha value is -1.71. The molecule has 1 aliphatic heterocycles. The Morgan fingerprint density at radius 1 is 1.62 bits per heavy atom. The molecule has 1 saturated heterocycles. The number of esters is 1. The number of carbonyl (C=O) groups is 1. The van der Waals surface area contributed by atoms with Crippen LogP contribution in [0.25, 0.3) is 0 Å². The molecule has 3 atom stereocenters. The first-order chi connectivity index (χ1) is 11.1. The number of nitrogens with zero attached hydrogens (tertiary/aromatic N) is 1. The minimum absolute atomic E-state index is 0.0922. The van der Waals surface area contributed by atoms with Gasteiger partial charge in [-0.05, 0) is 12.3 Å². The van der Waals surface area contributed by atoms with Gasteiger partial charge >= 0.3 is 11.7 Å². The molecule has 0 aliphatic carbocycles. The van der Waals surface area contributed by atoms with E-state index in [9.17, 15) is 18.8 Å². The van der Waals surface area contributed by atoms with Crippen molar-refractivity contribution in [2.75, 3.05) is 6.61 Å². The van der Waals surface area contributed by atoms with E-state index in [2.05, 4.69) is 0 Å². The second-order valence-corrected chi connectivity index (χ2v) is 6.42. The molecule has 0 aromatic carbocycles. The van der Waals surface area contributed by atoms with E-state index in [-0.39, 0.29) is 23.8 Å². The number of ether oxygens (including phenoxy) is 2. The Balaban J connectivity index is 2.04. The second-order valence-electron chi connectivity index (χ2n) is 6.02. The van der Waals surface area contributed by atoms with E-state index in [4.69, 9.17) is 26.8 Å². The number of aromatic amines is 1. The topological polar surface area (TPSA) is 116 Å². The molecule has 0 spiro atoms. The Labute approximate surface area is 141 Å². The van der Waals surface area contributed by atoms with Gasteiger partial charge in [0.15, 0.2) is 6.61 Å². The van der Waals surface area contributed by atoms with Crippen molar-refractivity contribution in [1.29, 1.82) is 0 Å². The Kier molecular flexibility index (Phi) is 5.46. The average Bonchev–Trinajstić information content (AvgIpc) is 2.90. The van der Waals surface area contributed by atoms with Gasteiger partial charge in [0.05, 0.1) is 0 Å². The van der Waals surface area contributed by atoms with Crippen LogP contribution in [0, 0.1) is 5.92 Å². The van der Waals surface area contributed by atoms with Crippen LogP contribution in [0.3, 0.4) is 0 Å². The number of hydrogen-bond acceptors (Lipinski definition) is 6. The van der Waals surface area contributed by atoms with Gasteiger partial charge in [-0.25, -0.2) is 9.18 Å². The quantitative estimate of drug-likeness (QED) is 0.743. The third kappa shape index (κ3) is 4.03. The van der Waals surface area contributed by atoms with E-state index in [0.717, 1.165) is 10.8 Å². The maximum atomic E-state index is 14.6. The number of alkyl halides is 1. The Morgan fingerprint density at radius 3 is 2.92 bits per heavy atom. The largest absolute Gasteiger partial charge is 0.458 e. The van der Waals surface area contributed by atoms with Crippen LogP contribution in [-0.4, -0.2) is 34.0 Å². The van der Waals surface area contributed by atoms with Gasteiger partial charge in [-0.2, -0.15) is 0 Å². The summed E-state index contributed by atoms with van der Waals surface area (Å²) in [5.41, 5.74) is 4.12. The molecule has 0 unspecified atom stereocenters. The van der Waals surface area contributed by atoms with Crippen LogP contribution in [0.1, 0.15) is 32.9 Å². The molecule has 0 radical (unpaired) electrons. The van der Waals surface area contributed by atoms with Gasteiger partial charge in [0.2, 0.25) is 5.85 Å². The normalized spacial score (nSPS) is 25.0. The number of hydrogen-bond donors (Lipinski definition) is 2. The van der Waals surface area contributed by atoms with Gasteiger partial charge in [-0.1, -0.05) is 25.4 Å². The van der Waals surface area contributed by atoms with Crippen molar-refractivity contribution in [3.63, 3.8) is 0 Å². The standard InChI is InChI=1S/C14H19ClFN3O5/c1-7(2)10(17)12(21)23-6-14(16)4-3-9(24-14)19-5-8(15)11(20)18-13(19)22/h5,7,9-10H,3-4,6,17H2,1-2H3,(H,18,20,22)/t9-,10+,14+/m1/s1. The maximum absolute atomic E-state index is 14.6. The SMILES string of the molecule is CC(C)[C@H](N)C(=O)OC[C@]1(F)CC[C@H](n2cc(Cl)c(=O)[nH]c2=O)O1. The summed E-state index contributed by atoms with van der Waals surface area (Å²) in [5.74, 6) is -3.11. The molecule has 2 heterocycles. The molecule has 24 heavy (non-hydrogen) atoms. The van der Waals surface area contributed by atoms with Crippen molar-refractivity contribution >= 4 is 17.6 Å². The molecule has 1 aromatic rings. The summed E-state index contributed by atoms with van der Waals surface area (Å²) in [7, 11) is 0. The molecule has 10 heteroatoms. The van der Waals surface area contributed by atoms with E-state index in [0.29, 0.717) is 0 Å². The van der Waals surface area contributed by atoms with Gasteiger partial charge < -0.3 is 15.2 Å². The third-order valence-corrected chi connectivity index (χ3v) is 4.04. The van der Waals surface area contributed by atoms with Crippen LogP contribution in [0.5, 0.6) is 0 Å². The molecular formula is C14H19ClFN3O5. The lowest BCUT2D eigenvalue weighted by Crippen LogP contribution is -2.40. The highest BCUT2D eigenvalue weighted by Gasteiger charge is 2.43. The molecule has 0 amide bonds. The average molecular weight is 364 g/mol. The van der Waals surface area contributed by atoms with E-state index >= 15 is 0 Å². The number of aromatic nitrogens is 2. The van der Waals surface area contributed by atoms with Gasteiger partial charge in [0, 0.05) is 12.6 Å². The molecule has 0 bridgehead atoms. The van der Waals surface area contributed by atoms with Gasteiger partial charge in [-0.15, -0.1) is 0 Å². The van der Waals surface area contributed by atoms with Crippen LogP contribution in [-0.2, 0) is 14.3 Å². The molecule has 1 aromatic heterocycles. The van der Waals surface area contributed by atoms with Crippen LogP contribution >= 0.6 is 11.6 Å².